The summed E-state index contributed by atoms with van der Waals surface area (Å²) >= 11 is 0. The molecule has 1 N–H and O–H groups in total. The summed E-state index contributed by atoms with van der Waals surface area (Å²) < 4.78 is 0. The quantitative estimate of drug-likeness (QED) is 0.744. The van der Waals surface area contributed by atoms with Gasteiger partial charge in [-0.25, -0.2) is 0 Å². The highest BCUT2D eigenvalue weighted by Gasteiger charge is 2.18. The molecule has 1 fully saturated rings. The minimum Gasteiger partial charge on any atom is -0.315 e. The van der Waals surface area contributed by atoms with E-state index in [2.05, 4.69) is 31.0 Å². The Bertz CT molecular complexity index is 137. The van der Waals surface area contributed by atoms with Gasteiger partial charge in [0.2, 0.25) is 0 Å². The lowest BCUT2D eigenvalue weighted by Gasteiger charge is -2.31. The number of hydrogen-bond donors (Lipinski definition) is 1. The van der Waals surface area contributed by atoms with Crippen molar-refractivity contribution in [1.29, 1.82) is 0 Å². The lowest BCUT2D eigenvalue weighted by molar-refractivity contribution is 0.176. The predicted octanol–water partition coefficient (Wildman–Crippen LogP) is 2.11. The van der Waals surface area contributed by atoms with Crippen LogP contribution in [0.3, 0.4) is 0 Å². The molecular formula is C12H26N2. The van der Waals surface area contributed by atoms with E-state index in [-0.39, 0.29) is 0 Å². The first-order chi connectivity index (χ1) is 6.74. The molecule has 1 aliphatic rings. The Morgan fingerprint density at radius 2 is 2.14 bits per heavy atom. The Morgan fingerprint density at radius 3 is 2.79 bits per heavy atom. The lowest BCUT2D eigenvalue weighted by atomic mass is 10.1. The Labute approximate surface area is 89.1 Å². The Hall–Kier alpha value is -0.0800. The molecule has 1 rings (SSSR count). The molecule has 84 valence electrons. The maximum atomic E-state index is 3.54. The summed E-state index contributed by atoms with van der Waals surface area (Å²) in [5, 5.41) is 3.54. The first-order valence-corrected chi connectivity index (χ1v) is 6.18. The van der Waals surface area contributed by atoms with Crippen molar-refractivity contribution in [2.45, 2.75) is 46.1 Å². The molecule has 1 atom stereocenters. The maximum Gasteiger partial charge on any atom is 0.0220 e. The maximum absolute atomic E-state index is 3.54. The number of rotatable bonds is 4. The molecule has 1 saturated heterocycles. The standard InChI is InChI=1S/C12H26N2/c1-4-14(10-11(2)3)12-7-5-6-8-13-9-12/h11-13H,4-10H2,1-3H3. The van der Waals surface area contributed by atoms with Crippen LogP contribution in [0, 0.1) is 5.92 Å². The zero-order valence-corrected chi connectivity index (χ0v) is 10.1. The number of likely N-dealkylation sites (N-methyl/N-ethyl adjacent to an activating group) is 1. The summed E-state index contributed by atoms with van der Waals surface area (Å²) in [6, 6.07) is 0.782. The van der Waals surface area contributed by atoms with Gasteiger partial charge in [-0.1, -0.05) is 27.2 Å². The summed E-state index contributed by atoms with van der Waals surface area (Å²) in [5.74, 6) is 0.790. The van der Waals surface area contributed by atoms with Gasteiger partial charge >= 0.3 is 0 Å². The van der Waals surface area contributed by atoms with E-state index < -0.39 is 0 Å². The molecule has 0 amide bonds. The fourth-order valence-electron chi connectivity index (χ4n) is 2.32. The monoisotopic (exact) mass is 198 g/mol. The molecule has 0 bridgehead atoms. The van der Waals surface area contributed by atoms with Crippen LogP contribution in [-0.4, -0.2) is 37.1 Å². The smallest absolute Gasteiger partial charge is 0.0220 e. The van der Waals surface area contributed by atoms with E-state index in [1.165, 1.54) is 45.4 Å². The van der Waals surface area contributed by atoms with E-state index in [1.807, 2.05) is 0 Å². The highest BCUT2D eigenvalue weighted by molar-refractivity contribution is 4.76. The van der Waals surface area contributed by atoms with Gasteiger partial charge in [0.1, 0.15) is 0 Å². The summed E-state index contributed by atoms with van der Waals surface area (Å²) in [6.07, 6.45) is 4.13. The Balaban J connectivity index is 2.40. The molecule has 2 heteroatoms. The second-order valence-electron chi connectivity index (χ2n) is 4.84. The van der Waals surface area contributed by atoms with Crippen LogP contribution in [0.2, 0.25) is 0 Å². The van der Waals surface area contributed by atoms with Crippen molar-refractivity contribution in [1.82, 2.24) is 10.2 Å². The van der Waals surface area contributed by atoms with E-state index in [1.54, 1.807) is 0 Å². The number of nitrogens with zero attached hydrogens (tertiary/aromatic N) is 1. The third-order valence-electron chi connectivity index (χ3n) is 3.04. The molecule has 0 aromatic rings. The van der Waals surface area contributed by atoms with Gasteiger partial charge in [-0.05, 0) is 31.8 Å². The number of nitrogens with one attached hydrogen (secondary N) is 1. The van der Waals surface area contributed by atoms with Crippen LogP contribution in [0.1, 0.15) is 40.0 Å². The fourth-order valence-corrected chi connectivity index (χ4v) is 2.32. The van der Waals surface area contributed by atoms with E-state index in [0.717, 1.165) is 12.0 Å². The number of hydrogen-bond acceptors (Lipinski definition) is 2. The first kappa shape index (κ1) is 12.0. The van der Waals surface area contributed by atoms with Crippen LogP contribution in [0.15, 0.2) is 0 Å². The van der Waals surface area contributed by atoms with Crippen LogP contribution in [0.25, 0.3) is 0 Å². The van der Waals surface area contributed by atoms with Gasteiger partial charge in [-0.15, -0.1) is 0 Å². The van der Waals surface area contributed by atoms with Crippen molar-refractivity contribution in [3.63, 3.8) is 0 Å². The first-order valence-electron chi connectivity index (χ1n) is 6.18. The summed E-state index contributed by atoms with van der Waals surface area (Å²) in [4.78, 5) is 2.64. The van der Waals surface area contributed by atoms with Gasteiger partial charge in [0.05, 0.1) is 0 Å². The van der Waals surface area contributed by atoms with E-state index >= 15 is 0 Å². The minimum atomic E-state index is 0.782. The minimum absolute atomic E-state index is 0.782. The Kier molecular flexibility index (Phi) is 5.49. The summed E-state index contributed by atoms with van der Waals surface area (Å²) in [7, 11) is 0. The van der Waals surface area contributed by atoms with E-state index in [4.69, 9.17) is 0 Å². The zero-order valence-electron chi connectivity index (χ0n) is 10.1. The molecule has 0 saturated carbocycles. The topological polar surface area (TPSA) is 15.3 Å². The third kappa shape index (κ3) is 3.97. The second-order valence-corrected chi connectivity index (χ2v) is 4.84. The van der Waals surface area contributed by atoms with Gasteiger partial charge in [0.15, 0.2) is 0 Å². The van der Waals surface area contributed by atoms with Crippen molar-refractivity contribution in [2.75, 3.05) is 26.2 Å². The Morgan fingerprint density at radius 1 is 1.36 bits per heavy atom. The van der Waals surface area contributed by atoms with Gasteiger partial charge in [-0.2, -0.15) is 0 Å². The molecule has 2 nitrogen and oxygen atoms in total. The van der Waals surface area contributed by atoms with Crippen molar-refractivity contribution >= 4 is 0 Å². The molecule has 1 aliphatic heterocycles. The van der Waals surface area contributed by atoms with E-state index in [9.17, 15) is 0 Å². The predicted molar refractivity (Wildman–Crippen MR) is 62.6 cm³/mol. The third-order valence-corrected chi connectivity index (χ3v) is 3.04. The second kappa shape index (κ2) is 6.41. The van der Waals surface area contributed by atoms with Crippen LogP contribution in [-0.2, 0) is 0 Å². The van der Waals surface area contributed by atoms with Crippen molar-refractivity contribution in [2.24, 2.45) is 5.92 Å². The molecule has 1 unspecified atom stereocenters. The molecular weight excluding hydrogens is 172 g/mol. The normalized spacial score (nSPS) is 24.2. The zero-order chi connectivity index (χ0) is 10.4. The van der Waals surface area contributed by atoms with E-state index in [0.29, 0.717) is 0 Å². The lowest BCUT2D eigenvalue weighted by Crippen LogP contribution is -2.42. The van der Waals surface area contributed by atoms with Gasteiger partial charge in [0.25, 0.3) is 0 Å². The summed E-state index contributed by atoms with van der Waals surface area (Å²) in [6.45, 7) is 11.8. The molecule has 14 heavy (non-hydrogen) atoms. The van der Waals surface area contributed by atoms with Gasteiger partial charge in [0, 0.05) is 19.1 Å². The molecule has 0 aliphatic carbocycles. The largest absolute Gasteiger partial charge is 0.315 e. The molecule has 0 spiro atoms. The van der Waals surface area contributed by atoms with Crippen LogP contribution in [0.5, 0.6) is 0 Å². The van der Waals surface area contributed by atoms with Crippen molar-refractivity contribution in [3.8, 4) is 0 Å². The average Bonchev–Trinajstić information content (AvgIpc) is 2.41. The highest BCUT2D eigenvalue weighted by Crippen LogP contribution is 2.12. The average molecular weight is 198 g/mol. The van der Waals surface area contributed by atoms with Crippen molar-refractivity contribution < 1.29 is 0 Å². The summed E-state index contributed by atoms with van der Waals surface area (Å²) in [5.41, 5.74) is 0. The SMILES string of the molecule is CCN(CC(C)C)C1CCCCNC1. The fraction of sp³-hybridized carbons (Fsp3) is 1.00. The van der Waals surface area contributed by atoms with Crippen molar-refractivity contribution in [3.05, 3.63) is 0 Å². The van der Waals surface area contributed by atoms with Crippen LogP contribution >= 0.6 is 0 Å². The van der Waals surface area contributed by atoms with Crippen LogP contribution < -0.4 is 5.32 Å². The van der Waals surface area contributed by atoms with Gasteiger partial charge in [-0.3, -0.25) is 4.90 Å². The molecule has 0 aromatic heterocycles. The highest BCUT2D eigenvalue weighted by atomic mass is 15.2. The van der Waals surface area contributed by atoms with Crippen LogP contribution in [0.4, 0.5) is 0 Å². The molecule has 1 heterocycles. The molecule has 0 radical (unpaired) electrons. The molecule has 0 aromatic carbocycles. The van der Waals surface area contributed by atoms with Gasteiger partial charge < -0.3 is 5.32 Å².